The molecule has 0 atom stereocenters. The van der Waals surface area contributed by atoms with Crippen LogP contribution in [0.25, 0.3) is 43.8 Å². The Balaban J connectivity index is 0.000000188. The molecular weight excluding hydrogens is 815 g/mol. The summed E-state index contributed by atoms with van der Waals surface area (Å²) in [7, 11) is 11.0. The number of hydrogen-bond donors (Lipinski definition) is 0. The van der Waals surface area contributed by atoms with E-state index >= 15 is 0 Å². The summed E-state index contributed by atoms with van der Waals surface area (Å²) in [6.07, 6.45) is 16.5. The monoisotopic (exact) mass is 876 g/mol. The average Bonchev–Trinajstić information content (AvgIpc) is 3.74. The van der Waals surface area contributed by atoms with Gasteiger partial charge in [-0.25, -0.2) is 0 Å². The predicted molar refractivity (Wildman–Crippen MR) is 248 cm³/mol. The van der Waals surface area contributed by atoms with Crippen LogP contribution in [0.3, 0.4) is 0 Å². The molecule has 4 heteroatoms. The zero-order valence-corrected chi connectivity index (χ0v) is 40.4. The predicted octanol–water partition coefficient (Wildman–Crippen LogP) is 16.9. The number of fused-ring (bicyclic) bond motifs is 2. The second kappa shape index (κ2) is 21.2. The minimum atomic E-state index is -0.826. The van der Waals surface area contributed by atoms with E-state index in [0.717, 1.165) is 9.52 Å². The molecule has 0 aromatic heterocycles. The third-order valence-corrected chi connectivity index (χ3v) is 12.1. The van der Waals surface area contributed by atoms with Crippen LogP contribution in [-0.2, 0) is 33.7 Å². The Bertz CT molecular complexity index is 1950. The van der Waals surface area contributed by atoms with Gasteiger partial charge in [-0.1, -0.05) is 147 Å². The first-order valence-electron chi connectivity index (χ1n) is 21.0. The molecule has 6 aromatic carbocycles. The summed E-state index contributed by atoms with van der Waals surface area (Å²) in [6.45, 7) is 18.1. The second-order valence-corrected chi connectivity index (χ2v) is 22.5. The van der Waals surface area contributed by atoms with Gasteiger partial charge in [0.15, 0.2) is 0 Å². The van der Waals surface area contributed by atoms with Crippen LogP contribution >= 0.6 is 17.0 Å². The van der Waals surface area contributed by atoms with Crippen LogP contribution in [0.1, 0.15) is 111 Å². The number of aryl methyl sites for hydroxylation is 4. The van der Waals surface area contributed by atoms with Gasteiger partial charge in [-0.2, -0.15) is 12.1 Å². The fraction of sp³-hybridized carbons (Fsp3) is 0.423. The van der Waals surface area contributed by atoms with E-state index in [1.54, 1.807) is 0 Å². The molecule has 56 heavy (non-hydrogen) atoms. The average molecular weight is 879 g/mol. The first kappa shape index (κ1) is 44.9. The van der Waals surface area contributed by atoms with Gasteiger partial charge in [0, 0.05) is 9.52 Å². The quantitative estimate of drug-likeness (QED) is 0.116. The molecule has 2 aliphatic carbocycles. The third kappa shape index (κ3) is 12.4. The molecule has 0 unspecified atom stereocenters. The Morgan fingerprint density at radius 3 is 1.18 bits per heavy atom. The van der Waals surface area contributed by atoms with Crippen molar-refractivity contribution in [1.82, 2.24) is 0 Å². The zero-order valence-electron chi connectivity index (χ0n) is 35.5. The van der Waals surface area contributed by atoms with Crippen molar-refractivity contribution in [2.24, 2.45) is 10.8 Å². The molecule has 0 amide bonds. The summed E-state index contributed by atoms with van der Waals surface area (Å²) < 4.78 is 0. The van der Waals surface area contributed by atoms with E-state index < -0.39 is 20.8 Å². The maximum atomic E-state index is 4.93. The molecule has 0 aliphatic heterocycles. The summed E-state index contributed by atoms with van der Waals surface area (Å²) in [6, 6.07) is 37.1. The van der Waals surface area contributed by atoms with Crippen LogP contribution in [0, 0.1) is 38.5 Å². The molecular formula is C52H64Cl2SiZr. The summed E-state index contributed by atoms with van der Waals surface area (Å²) in [4.78, 5) is 0. The summed E-state index contributed by atoms with van der Waals surface area (Å²) in [5.41, 5.74) is 14.9. The molecule has 8 rings (SSSR count). The normalized spacial score (nSPS) is 15.8. The van der Waals surface area contributed by atoms with Gasteiger partial charge in [0.05, 0.1) is 0 Å². The molecule has 0 N–H and O–H groups in total. The minimum absolute atomic E-state index is 0.503. The molecule has 0 nitrogen and oxygen atoms in total. The topological polar surface area (TPSA) is 0 Å². The molecule has 0 bridgehead atoms. The summed E-state index contributed by atoms with van der Waals surface area (Å²) in [5, 5.41) is 5.63. The van der Waals surface area contributed by atoms with E-state index in [1.165, 1.54) is 154 Å². The first-order chi connectivity index (χ1) is 26.9. The second-order valence-electron chi connectivity index (χ2n) is 17.8. The van der Waals surface area contributed by atoms with E-state index in [2.05, 4.69) is 152 Å². The van der Waals surface area contributed by atoms with Crippen molar-refractivity contribution in [1.29, 1.82) is 0 Å². The van der Waals surface area contributed by atoms with Gasteiger partial charge in [0.1, 0.15) is 0 Å². The van der Waals surface area contributed by atoms with Crippen molar-refractivity contribution in [3.63, 3.8) is 0 Å². The number of benzene rings is 4. The van der Waals surface area contributed by atoms with E-state index in [9.17, 15) is 0 Å². The molecule has 294 valence electrons. The van der Waals surface area contributed by atoms with E-state index in [0.29, 0.717) is 10.8 Å². The van der Waals surface area contributed by atoms with Gasteiger partial charge in [-0.05, 0) is 88.2 Å². The Morgan fingerprint density at radius 1 is 0.536 bits per heavy atom. The van der Waals surface area contributed by atoms with Gasteiger partial charge >= 0.3 is 37.9 Å². The van der Waals surface area contributed by atoms with Crippen molar-refractivity contribution in [3.05, 3.63) is 130 Å². The Hall–Kier alpha value is -2.22. The summed E-state index contributed by atoms with van der Waals surface area (Å²) >= 11 is -0.826. The van der Waals surface area contributed by atoms with Crippen LogP contribution in [0.2, 0.25) is 13.1 Å². The van der Waals surface area contributed by atoms with Crippen molar-refractivity contribution in [3.8, 4) is 22.3 Å². The van der Waals surface area contributed by atoms with Gasteiger partial charge in [0.2, 0.25) is 0 Å². The van der Waals surface area contributed by atoms with Crippen LogP contribution < -0.4 is 0 Å². The van der Waals surface area contributed by atoms with E-state index in [4.69, 9.17) is 17.0 Å². The van der Waals surface area contributed by atoms with Crippen LogP contribution in [-0.4, -0.2) is 9.52 Å². The molecule has 0 saturated heterocycles. The molecule has 2 saturated carbocycles. The number of hydrogen-bond acceptors (Lipinski definition) is 0. The fourth-order valence-electron chi connectivity index (χ4n) is 9.71. The molecule has 2 fully saturated rings. The Kier molecular flexibility index (Phi) is 17.0. The van der Waals surface area contributed by atoms with Gasteiger partial charge in [-0.15, -0.1) is 69.1 Å². The van der Waals surface area contributed by atoms with Gasteiger partial charge in [-0.3, -0.25) is 0 Å². The van der Waals surface area contributed by atoms with Crippen molar-refractivity contribution in [2.45, 2.75) is 132 Å². The van der Waals surface area contributed by atoms with Gasteiger partial charge < -0.3 is 0 Å². The van der Waals surface area contributed by atoms with Gasteiger partial charge in [0.25, 0.3) is 0 Å². The van der Waals surface area contributed by atoms with Crippen LogP contribution in [0.15, 0.2) is 97.1 Å². The standard InChI is InChI=1S/2C25H29.C2H6Si.2ClH.Zr/c2*1-18-12-19(2)14-22(13-18)23-9-7-8-21-15-20(16-24(21)23)17-25(3)10-5-4-6-11-25;1-3-2;;;/h2*7-9,12-16H,4-6,10-11,17H2,1-3H3;1-2H3;2*1H;/q2*-1;;;;+4/p-2. The molecule has 2 aliphatic rings. The van der Waals surface area contributed by atoms with E-state index in [1.807, 2.05) is 0 Å². The summed E-state index contributed by atoms with van der Waals surface area (Å²) in [5.74, 6) is 0. The van der Waals surface area contributed by atoms with Crippen molar-refractivity contribution >= 4 is 48.1 Å². The van der Waals surface area contributed by atoms with E-state index in [-0.39, 0.29) is 0 Å². The zero-order chi connectivity index (χ0) is 40.3. The van der Waals surface area contributed by atoms with Crippen molar-refractivity contribution in [2.75, 3.05) is 0 Å². The molecule has 0 heterocycles. The fourth-order valence-corrected chi connectivity index (χ4v) is 9.71. The molecule has 2 radical (unpaired) electrons. The number of halogens is 2. The molecule has 0 spiro atoms. The molecule has 6 aromatic rings. The number of rotatable bonds is 6. The Morgan fingerprint density at radius 2 is 0.857 bits per heavy atom. The van der Waals surface area contributed by atoms with Crippen molar-refractivity contribution < 1.29 is 20.8 Å². The Labute approximate surface area is 361 Å². The van der Waals surface area contributed by atoms with Crippen LogP contribution in [0.4, 0.5) is 0 Å². The SMILES string of the molecule is C[Si]C.Cc1cc(C)cc(-c2cccc3[cH-]c(CC4(C)CCCCC4)cc23)c1.Cc1cc(C)cc(-c2cccc3[cH-]c(CC4(C)CCCCC4)cc23)c1.[Cl][Zr+2][Cl]. The third-order valence-electron chi connectivity index (χ3n) is 12.1. The van der Waals surface area contributed by atoms with Crippen LogP contribution in [0.5, 0.6) is 0 Å². The maximum absolute atomic E-state index is 4.93. The first-order valence-corrected chi connectivity index (χ1v) is 29.3.